The Labute approximate surface area is 120 Å². The Morgan fingerprint density at radius 1 is 1.42 bits per heavy atom. The lowest BCUT2D eigenvalue weighted by Crippen LogP contribution is -2.36. The summed E-state index contributed by atoms with van der Waals surface area (Å²) < 4.78 is 5.88. The number of carboxylic acids is 1. The standard InChI is InChI=1S/C13H16BrNO4/c1-3-6-15(8-12(16)17)13(18)10-7-9(14)4-5-11(10)19-2/h4-5,7H,3,6,8H2,1-2H3,(H,16,17). The third-order valence-electron chi connectivity index (χ3n) is 2.50. The van der Waals surface area contributed by atoms with Gasteiger partial charge >= 0.3 is 5.97 Å². The average molecular weight is 330 g/mol. The maximum absolute atomic E-state index is 12.4. The van der Waals surface area contributed by atoms with Crippen molar-refractivity contribution >= 4 is 27.8 Å². The zero-order chi connectivity index (χ0) is 14.4. The van der Waals surface area contributed by atoms with E-state index in [1.54, 1.807) is 18.2 Å². The van der Waals surface area contributed by atoms with Crippen LogP contribution in [0.2, 0.25) is 0 Å². The number of carbonyl (C=O) groups excluding carboxylic acids is 1. The van der Waals surface area contributed by atoms with Crippen molar-refractivity contribution in [3.8, 4) is 5.75 Å². The summed E-state index contributed by atoms with van der Waals surface area (Å²) in [5, 5.41) is 8.85. The molecule has 0 aromatic heterocycles. The van der Waals surface area contributed by atoms with Gasteiger partial charge in [-0.3, -0.25) is 9.59 Å². The molecule has 0 bridgehead atoms. The van der Waals surface area contributed by atoms with Crippen LogP contribution in [0.15, 0.2) is 22.7 Å². The lowest BCUT2D eigenvalue weighted by molar-refractivity contribution is -0.137. The first-order valence-corrected chi connectivity index (χ1v) is 6.63. The van der Waals surface area contributed by atoms with Crippen LogP contribution in [-0.2, 0) is 4.79 Å². The predicted octanol–water partition coefficient (Wildman–Crippen LogP) is 2.39. The third kappa shape index (κ3) is 4.24. The molecule has 1 N–H and O–H groups in total. The normalized spacial score (nSPS) is 10.1. The summed E-state index contributed by atoms with van der Waals surface area (Å²) in [7, 11) is 1.47. The molecule has 0 atom stereocenters. The minimum atomic E-state index is -1.03. The van der Waals surface area contributed by atoms with Gasteiger partial charge in [0.2, 0.25) is 0 Å². The van der Waals surface area contributed by atoms with Crippen molar-refractivity contribution in [3.05, 3.63) is 28.2 Å². The van der Waals surface area contributed by atoms with E-state index in [1.807, 2.05) is 6.92 Å². The molecule has 104 valence electrons. The topological polar surface area (TPSA) is 66.8 Å². The summed E-state index contributed by atoms with van der Waals surface area (Å²) >= 11 is 3.29. The van der Waals surface area contributed by atoms with E-state index in [2.05, 4.69) is 15.9 Å². The number of amides is 1. The number of halogens is 1. The van der Waals surface area contributed by atoms with Crippen LogP contribution in [0.25, 0.3) is 0 Å². The Balaban J connectivity index is 3.07. The molecule has 0 heterocycles. The van der Waals surface area contributed by atoms with Gasteiger partial charge in [-0.15, -0.1) is 0 Å². The lowest BCUT2D eigenvalue weighted by Gasteiger charge is -2.21. The molecular formula is C13H16BrNO4. The molecule has 1 amide bonds. The van der Waals surface area contributed by atoms with Crippen LogP contribution in [0.5, 0.6) is 5.75 Å². The highest BCUT2D eigenvalue weighted by Gasteiger charge is 2.21. The van der Waals surface area contributed by atoms with Crippen molar-refractivity contribution in [1.29, 1.82) is 0 Å². The monoisotopic (exact) mass is 329 g/mol. The van der Waals surface area contributed by atoms with Gasteiger partial charge in [0.05, 0.1) is 12.7 Å². The molecule has 0 fully saturated rings. The van der Waals surface area contributed by atoms with Gasteiger partial charge in [-0.25, -0.2) is 0 Å². The third-order valence-corrected chi connectivity index (χ3v) is 2.99. The van der Waals surface area contributed by atoms with Gasteiger partial charge in [-0.2, -0.15) is 0 Å². The van der Waals surface area contributed by atoms with Crippen molar-refractivity contribution in [2.75, 3.05) is 20.2 Å². The van der Waals surface area contributed by atoms with Gasteiger partial charge in [0.1, 0.15) is 12.3 Å². The second-order valence-electron chi connectivity index (χ2n) is 3.97. The summed E-state index contributed by atoms with van der Waals surface area (Å²) in [5.74, 6) is -0.946. The number of ether oxygens (including phenoxy) is 1. The summed E-state index contributed by atoms with van der Waals surface area (Å²) in [6.45, 7) is 1.96. The molecule has 1 rings (SSSR count). The fourth-order valence-electron chi connectivity index (χ4n) is 1.70. The zero-order valence-corrected chi connectivity index (χ0v) is 12.4. The first-order valence-electron chi connectivity index (χ1n) is 5.84. The van der Waals surface area contributed by atoms with Gasteiger partial charge in [-0.05, 0) is 24.6 Å². The summed E-state index contributed by atoms with van der Waals surface area (Å²) in [6.07, 6.45) is 0.690. The molecular weight excluding hydrogens is 314 g/mol. The maximum atomic E-state index is 12.4. The van der Waals surface area contributed by atoms with Gasteiger partial charge in [-0.1, -0.05) is 22.9 Å². The SMILES string of the molecule is CCCN(CC(=O)O)C(=O)c1cc(Br)ccc1OC. The molecule has 1 aromatic rings. The fraction of sp³-hybridized carbons (Fsp3) is 0.385. The summed E-state index contributed by atoms with van der Waals surface area (Å²) in [6, 6.07) is 5.06. The van der Waals surface area contributed by atoms with Crippen molar-refractivity contribution in [2.45, 2.75) is 13.3 Å². The second-order valence-corrected chi connectivity index (χ2v) is 4.88. The van der Waals surface area contributed by atoms with Crippen LogP contribution >= 0.6 is 15.9 Å². The molecule has 0 aliphatic rings. The number of carboxylic acid groups (broad SMARTS) is 1. The molecule has 0 unspecified atom stereocenters. The molecule has 0 saturated heterocycles. The van der Waals surface area contributed by atoms with Gasteiger partial charge < -0.3 is 14.7 Å². The predicted molar refractivity (Wildman–Crippen MR) is 74.5 cm³/mol. The lowest BCUT2D eigenvalue weighted by atomic mass is 10.1. The van der Waals surface area contributed by atoms with E-state index < -0.39 is 5.97 Å². The van der Waals surface area contributed by atoms with Gasteiger partial charge in [0, 0.05) is 11.0 Å². The number of nitrogens with zero attached hydrogens (tertiary/aromatic N) is 1. The molecule has 0 spiro atoms. The second kappa shape index (κ2) is 7.13. The number of hydrogen-bond acceptors (Lipinski definition) is 3. The van der Waals surface area contributed by atoms with Crippen molar-refractivity contribution in [2.24, 2.45) is 0 Å². The van der Waals surface area contributed by atoms with E-state index in [-0.39, 0.29) is 12.5 Å². The molecule has 19 heavy (non-hydrogen) atoms. The Morgan fingerprint density at radius 2 is 2.11 bits per heavy atom. The van der Waals surface area contributed by atoms with Crippen LogP contribution in [0.4, 0.5) is 0 Å². The van der Waals surface area contributed by atoms with Gasteiger partial charge in [0.25, 0.3) is 5.91 Å². The van der Waals surface area contributed by atoms with Crippen LogP contribution in [0.1, 0.15) is 23.7 Å². The highest BCUT2D eigenvalue weighted by molar-refractivity contribution is 9.10. The average Bonchev–Trinajstić information content (AvgIpc) is 2.37. The molecule has 0 aliphatic carbocycles. The number of carbonyl (C=O) groups is 2. The smallest absolute Gasteiger partial charge is 0.323 e. The Kier molecular flexibility index (Phi) is 5.82. The molecule has 1 aromatic carbocycles. The van der Waals surface area contributed by atoms with E-state index in [9.17, 15) is 9.59 Å². The highest BCUT2D eigenvalue weighted by Crippen LogP contribution is 2.24. The quantitative estimate of drug-likeness (QED) is 0.870. The molecule has 5 nitrogen and oxygen atoms in total. The minimum Gasteiger partial charge on any atom is -0.496 e. The van der Waals surface area contributed by atoms with E-state index >= 15 is 0 Å². The first kappa shape index (κ1) is 15.5. The zero-order valence-electron chi connectivity index (χ0n) is 10.9. The molecule has 0 saturated carbocycles. The van der Waals surface area contributed by atoms with E-state index in [1.165, 1.54) is 12.0 Å². The molecule has 6 heteroatoms. The first-order chi connectivity index (χ1) is 8.99. The number of benzene rings is 1. The van der Waals surface area contributed by atoms with E-state index in [4.69, 9.17) is 9.84 Å². The Hall–Kier alpha value is -1.56. The van der Waals surface area contributed by atoms with E-state index in [0.717, 1.165) is 4.47 Å². The minimum absolute atomic E-state index is 0.317. The maximum Gasteiger partial charge on any atom is 0.323 e. The number of rotatable bonds is 6. The Bertz CT molecular complexity index is 476. The number of hydrogen-bond donors (Lipinski definition) is 1. The number of methoxy groups -OCH3 is 1. The van der Waals surface area contributed by atoms with Gasteiger partial charge in [0.15, 0.2) is 0 Å². The van der Waals surface area contributed by atoms with Crippen molar-refractivity contribution < 1.29 is 19.4 Å². The largest absolute Gasteiger partial charge is 0.496 e. The van der Waals surface area contributed by atoms with Crippen LogP contribution in [-0.4, -0.2) is 42.1 Å². The summed E-state index contributed by atoms with van der Waals surface area (Å²) in [5.41, 5.74) is 0.353. The summed E-state index contributed by atoms with van der Waals surface area (Å²) in [4.78, 5) is 24.5. The molecule has 0 radical (unpaired) electrons. The number of aliphatic carboxylic acids is 1. The molecule has 0 aliphatic heterocycles. The highest BCUT2D eigenvalue weighted by atomic mass is 79.9. The van der Waals surface area contributed by atoms with Crippen molar-refractivity contribution in [3.63, 3.8) is 0 Å². The van der Waals surface area contributed by atoms with Crippen molar-refractivity contribution in [1.82, 2.24) is 4.90 Å². The van der Waals surface area contributed by atoms with E-state index in [0.29, 0.717) is 24.3 Å². The fourth-order valence-corrected chi connectivity index (χ4v) is 2.06. The Morgan fingerprint density at radius 3 is 2.63 bits per heavy atom. The van der Waals surface area contributed by atoms with Crippen LogP contribution in [0, 0.1) is 0 Å². The van der Waals surface area contributed by atoms with Crippen LogP contribution in [0.3, 0.4) is 0 Å². The van der Waals surface area contributed by atoms with Crippen LogP contribution < -0.4 is 4.74 Å².